The van der Waals surface area contributed by atoms with E-state index in [1.54, 1.807) is 6.20 Å². The lowest BCUT2D eigenvalue weighted by Gasteiger charge is -2.40. The Morgan fingerprint density at radius 2 is 1.89 bits per heavy atom. The number of carbonyl (C=O) groups is 2. The number of piperidine rings is 1. The fourth-order valence-corrected chi connectivity index (χ4v) is 6.11. The summed E-state index contributed by atoms with van der Waals surface area (Å²) in [5.41, 5.74) is 0.890. The van der Waals surface area contributed by atoms with Crippen molar-refractivity contribution in [2.24, 2.45) is 5.41 Å². The van der Waals surface area contributed by atoms with Crippen LogP contribution in [0.15, 0.2) is 36.5 Å². The highest BCUT2D eigenvalue weighted by Crippen LogP contribution is 2.38. The number of hydrogen-bond donors (Lipinski definition) is 2. The topological polar surface area (TPSA) is 88.5 Å². The minimum absolute atomic E-state index is 0.00958. The van der Waals surface area contributed by atoms with Crippen molar-refractivity contribution in [3.63, 3.8) is 0 Å². The van der Waals surface area contributed by atoms with Crippen LogP contribution in [0, 0.1) is 5.41 Å². The molecule has 2 N–H and O–H groups in total. The van der Waals surface area contributed by atoms with Crippen LogP contribution < -0.4 is 15.4 Å². The van der Waals surface area contributed by atoms with Gasteiger partial charge in [0.25, 0.3) is 0 Å². The van der Waals surface area contributed by atoms with E-state index in [9.17, 15) is 9.59 Å². The Labute approximate surface area is 213 Å². The maximum atomic E-state index is 13.3. The summed E-state index contributed by atoms with van der Waals surface area (Å²) in [5.74, 6) is 1.86. The molecule has 1 aromatic heterocycles. The molecule has 2 aliphatic heterocycles. The van der Waals surface area contributed by atoms with Crippen molar-refractivity contribution in [2.45, 2.75) is 70.3 Å². The zero-order valence-corrected chi connectivity index (χ0v) is 21.2. The zero-order chi connectivity index (χ0) is 24.8. The SMILES string of the molecule is O=C(CN1CCC2(CCCCc3ccccc3OCCNC2=O)CC1)Nc1ccnn1C1CCCC1. The van der Waals surface area contributed by atoms with Gasteiger partial charge >= 0.3 is 0 Å². The van der Waals surface area contributed by atoms with Crippen LogP contribution >= 0.6 is 0 Å². The summed E-state index contributed by atoms with van der Waals surface area (Å²) in [6.45, 7) is 2.83. The number of para-hydroxylation sites is 1. The molecular formula is C28H39N5O3. The lowest BCUT2D eigenvalue weighted by atomic mass is 9.73. The Hall–Kier alpha value is -2.87. The highest BCUT2D eigenvalue weighted by atomic mass is 16.5. The first-order valence-electron chi connectivity index (χ1n) is 13.7. The highest BCUT2D eigenvalue weighted by molar-refractivity contribution is 5.91. The molecule has 2 fully saturated rings. The van der Waals surface area contributed by atoms with Crippen LogP contribution in [-0.2, 0) is 16.0 Å². The second kappa shape index (κ2) is 11.5. The van der Waals surface area contributed by atoms with Gasteiger partial charge in [-0.15, -0.1) is 0 Å². The van der Waals surface area contributed by atoms with Gasteiger partial charge in [-0.3, -0.25) is 14.5 Å². The number of rotatable bonds is 4. The van der Waals surface area contributed by atoms with Gasteiger partial charge in [0.15, 0.2) is 0 Å². The van der Waals surface area contributed by atoms with Gasteiger partial charge in [-0.05, 0) is 69.7 Å². The van der Waals surface area contributed by atoms with Crippen LogP contribution in [0.5, 0.6) is 5.75 Å². The van der Waals surface area contributed by atoms with Crippen molar-refractivity contribution in [3.05, 3.63) is 42.1 Å². The van der Waals surface area contributed by atoms with Crippen LogP contribution in [0.1, 0.15) is 69.4 Å². The second-order valence-electron chi connectivity index (χ2n) is 10.6. The summed E-state index contributed by atoms with van der Waals surface area (Å²) in [6, 6.07) is 10.5. The van der Waals surface area contributed by atoms with E-state index < -0.39 is 0 Å². The summed E-state index contributed by atoms with van der Waals surface area (Å²) in [6.07, 6.45) is 11.9. The normalized spacial score (nSPS) is 21.6. The summed E-state index contributed by atoms with van der Waals surface area (Å²) < 4.78 is 7.94. The van der Waals surface area contributed by atoms with Gasteiger partial charge in [-0.25, -0.2) is 4.68 Å². The molecular weight excluding hydrogens is 454 g/mol. The van der Waals surface area contributed by atoms with Crippen molar-refractivity contribution in [1.29, 1.82) is 0 Å². The molecule has 0 bridgehead atoms. The van der Waals surface area contributed by atoms with Crippen molar-refractivity contribution >= 4 is 17.6 Å². The number of nitrogens with one attached hydrogen (secondary N) is 2. The van der Waals surface area contributed by atoms with Crippen LogP contribution in [0.2, 0.25) is 0 Å². The number of hydrogen-bond acceptors (Lipinski definition) is 5. The van der Waals surface area contributed by atoms with Gasteiger partial charge in [0.1, 0.15) is 18.2 Å². The molecule has 194 valence electrons. The molecule has 1 saturated heterocycles. The quantitative estimate of drug-likeness (QED) is 0.674. The van der Waals surface area contributed by atoms with Gasteiger partial charge in [0, 0.05) is 6.07 Å². The molecule has 8 heteroatoms. The Morgan fingerprint density at radius 1 is 1.08 bits per heavy atom. The van der Waals surface area contributed by atoms with Gasteiger partial charge in [0.2, 0.25) is 11.8 Å². The molecule has 0 radical (unpaired) electrons. The van der Waals surface area contributed by atoms with Crippen LogP contribution in [-0.4, -0.2) is 59.3 Å². The molecule has 2 amide bonds. The smallest absolute Gasteiger partial charge is 0.239 e. The first-order chi connectivity index (χ1) is 17.6. The number of aromatic nitrogens is 2. The number of carbonyl (C=O) groups excluding carboxylic acids is 2. The maximum absolute atomic E-state index is 13.3. The lowest BCUT2D eigenvalue weighted by molar-refractivity contribution is -0.135. The second-order valence-corrected chi connectivity index (χ2v) is 10.6. The van der Waals surface area contributed by atoms with Crippen molar-refractivity contribution in [1.82, 2.24) is 20.0 Å². The molecule has 1 aliphatic carbocycles. The fraction of sp³-hybridized carbons (Fsp3) is 0.607. The van der Waals surface area contributed by atoms with E-state index in [4.69, 9.17) is 4.74 Å². The number of ether oxygens (including phenoxy) is 1. The molecule has 3 heterocycles. The standard InChI is InChI=1S/C28H39N5O3/c34-26(31-25-12-16-30-33(25)23-9-2-3-10-23)21-32-18-14-28(15-19-32)13-6-5-8-22-7-1-4-11-24(22)36-20-17-29-27(28)35/h1,4,7,11-12,16,23H,2-3,5-6,8-10,13-15,17-21H2,(H,29,35)(H,31,34). The summed E-state index contributed by atoms with van der Waals surface area (Å²) in [5, 5.41) is 10.7. The predicted octanol–water partition coefficient (Wildman–Crippen LogP) is 3.94. The molecule has 1 aromatic carbocycles. The largest absolute Gasteiger partial charge is 0.491 e. The van der Waals surface area contributed by atoms with Gasteiger partial charge in [-0.1, -0.05) is 37.5 Å². The van der Waals surface area contributed by atoms with E-state index in [1.165, 1.54) is 18.4 Å². The number of fused-ring (bicyclic) bond motifs is 1. The number of amides is 2. The number of benzene rings is 1. The van der Waals surface area contributed by atoms with Gasteiger partial charge in [0.05, 0.1) is 30.7 Å². The third-order valence-electron chi connectivity index (χ3n) is 8.24. The van der Waals surface area contributed by atoms with Crippen molar-refractivity contribution in [3.8, 4) is 5.75 Å². The Bertz CT molecular complexity index is 1040. The summed E-state index contributed by atoms with van der Waals surface area (Å²) in [4.78, 5) is 28.3. The number of aryl methyl sites for hydroxylation is 1. The molecule has 5 rings (SSSR count). The molecule has 1 spiro atoms. The van der Waals surface area contributed by atoms with E-state index in [-0.39, 0.29) is 17.2 Å². The minimum Gasteiger partial charge on any atom is -0.491 e. The number of nitrogens with zero attached hydrogens (tertiary/aromatic N) is 3. The molecule has 0 unspecified atom stereocenters. The molecule has 3 aliphatic rings. The number of likely N-dealkylation sites (tertiary alicyclic amines) is 1. The Balaban J connectivity index is 1.15. The van der Waals surface area contributed by atoms with E-state index in [1.807, 2.05) is 22.9 Å². The van der Waals surface area contributed by atoms with E-state index >= 15 is 0 Å². The average molecular weight is 494 g/mol. The third-order valence-corrected chi connectivity index (χ3v) is 8.24. The Kier molecular flexibility index (Phi) is 7.90. The fourth-order valence-electron chi connectivity index (χ4n) is 6.11. The van der Waals surface area contributed by atoms with Gasteiger partial charge in [-0.2, -0.15) is 5.10 Å². The predicted molar refractivity (Wildman–Crippen MR) is 139 cm³/mol. The van der Waals surface area contributed by atoms with Gasteiger partial charge < -0.3 is 15.4 Å². The first-order valence-corrected chi connectivity index (χ1v) is 13.7. The third kappa shape index (κ3) is 5.75. The first kappa shape index (κ1) is 24.8. The molecule has 2 aromatic rings. The van der Waals surface area contributed by atoms with E-state index in [0.29, 0.717) is 25.7 Å². The van der Waals surface area contributed by atoms with E-state index in [0.717, 1.165) is 76.0 Å². The van der Waals surface area contributed by atoms with Crippen LogP contribution in [0.4, 0.5) is 5.82 Å². The molecule has 1 saturated carbocycles. The van der Waals surface area contributed by atoms with Crippen LogP contribution in [0.3, 0.4) is 0 Å². The lowest BCUT2D eigenvalue weighted by Crippen LogP contribution is -2.50. The van der Waals surface area contributed by atoms with Crippen molar-refractivity contribution < 1.29 is 14.3 Å². The molecule has 0 atom stereocenters. The summed E-state index contributed by atoms with van der Waals surface area (Å²) in [7, 11) is 0. The highest BCUT2D eigenvalue weighted by Gasteiger charge is 2.41. The average Bonchev–Trinajstić information content (AvgIpc) is 3.57. The van der Waals surface area contributed by atoms with Crippen LogP contribution in [0.25, 0.3) is 0 Å². The zero-order valence-electron chi connectivity index (χ0n) is 21.2. The Morgan fingerprint density at radius 3 is 2.72 bits per heavy atom. The van der Waals surface area contributed by atoms with E-state index in [2.05, 4.69) is 32.8 Å². The monoisotopic (exact) mass is 493 g/mol. The molecule has 36 heavy (non-hydrogen) atoms. The summed E-state index contributed by atoms with van der Waals surface area (Å²) >= 11 is 0. The molecule has 8 nitrogen and oxygen atoms in total. The minimum atomic E-state index is -0.354. The number of anilines is 1. The van der Waals surface area contributed by atoms with Crippen molar-refractivity contribution in [2.75, 3.05) is 38.1 Å². The maximum Gasteiger partial charge on any atom is 0.239 e.